The van der Waals surface area contributed by atoms with Crippen molar-refractivity contribution in [2.75, 3.05) is 0 Å². The molecule has 1 aromatic carbocycles. The van der Waals surface area contributed by atoms with Gasteiger partial charge in [0, 0.05) is 12.1 Å². The van der Waals surface area contributed by atoms with Gasteiger partial charge in [0.2, 0.25) is 0 Å². The highest BCUT2D eigenvalue weighted by Crippen LogP contribution is 2.33. The molecule has 1 saturated carbocycles. The summed E-state index contributed by atoms with van der Waals surface area (Å²) < 4.78 is 19.4. The minimum absolute atomic E-state index is 0.0829. The van der Waals surface area contributed by atoms with Gasteiger partial charge in [-0.2, -0.15) is 0 Å². The number of halogens is 3. The molecule has 0 bridgehead atoms. The number of hydrogen-bond acceptors (Lipinski definition) is 2. The SMILES string of the molecule is NC1CC(Oc2cc(F)c(Cl)cc2Br)C1. The molecule has 0 saturated heterocycles. The summed E-state index contributed by atoms with van der Waals surface area (Å²) in [6, 6.07) is 2.99. The van der Waals surface area contributed by atoms with Gasteiger partial charge in [-0.25, -0.2) is 4.39 Å². The number of ether oxygens (including phenoxy) is 1. The molecule has 2 rings (SSSR count). The van der Waals surface area contributed by atoms with E-state index < -0.39 is 5.82 Å². The molecule has 15 heavy (non-hydrogen) atoms. The lowest BCUT2D eigenvalue weighted by atomic mass is 9.90. The topological polar surface area (TPSA) is 35.2 Å². The maximum absolute atomic E-state index is 13.2. The van der Waals surface area contributed by atoms with Crippen LogP contribution in [0.5, 0.6) is 5.75 Å². The third-order valence-electron chi connectivity index (χ3n) is 2.40. The predicted octanol–water partition coefficient (Wildman–Crippen LogP) is 3.11. The van der Waals surface area contributed by atoms with Crippen molar-refractivity contribution in [2.45, 2.75) is 25.0 Å². The zero-order valence-corrected chi connectivity index (χ0v) is 10.2. The average molecular weight is 295 g/mol. The molecule has 0 spiro atoms. The van der Waals surface area contributed by atoms with Crippen LogP contribution in [0.4, 0.5) is 4.39 Å². The van der Waals surface area contributed by atoms with Gasteiger partial charge in [-0.05, 0) is 34.8 Å². The van der Waals surface area contributed by atoms with Crippen LogP contribution in [0.15, 0.2) is 16.6 Å². The van der Waals surface area contributed by atoms with Gasteiger partial charge in [-0.3, -0.25) is 0 Å². The van der Waals surface area contributed by atoms with Crippen LogP contribution in [0.3, 0.4) is 0 Å². The number of nitrogens with two attached hydrogens (primary N) is 1. The summed E-state index contributed by atoms with van der Waals surface area (Å²) in [7, 11) is 0. The molecule has 0 aromatic heterocycles. The van der Waals surface area contributed by atoms with E-state index in [-0.39, 0.29) is 17.2 Å². The molecule has 0 aliphatic heterocycles. The summed E-state index contributed by atoms with van der Waals surface area (Å²) >= 11 is 8.88. The quantitative estimate of drug-likeness (QED) is 0.851. The van der Waals surface area contributed by atoms with Gasteiger partial charge in [0.1, 0.15) is 17.7 Å². The molecule has 82 valence electrons. The van der Waals surface area contributed by atoms with E-state index in [2.05, 4.69) is 15.9 Å². The molecule has 0 atom stereocenters. The zero-order chi connectivity index (χ0) is 11.0. The minimum atomic E-state index is -0.474. The molecule has 0 heterocycles. The van der Waals surface area contributed by atoms with Crippen LogP contribution < -0.4 is 10.5 Å². The largest absolute Gasteiger partial charge is 0.489 e. The van der Waals surface area contributed by atoms with E-state index in [1.54, 1.807) is 0 Å². The van der Waals surface area contributed by atoms with Crippen molar-refractivity contribution >= 4 is 27.5 Å². The second kappa shape index (κ2) is 4.28. The van der Waals surface area contributed by atoms with Crippen molar-refractivity contribution < 1.29 is 9.13 Å². The fraction of sp³-hybridized carbons (Fsp3) is 0.400. The first-order valence-electron chi connectivity index (χ1n) is 4.63. The summed E-state index contributed by atoms with van der Waals surface area (Å²) in [4.78, 5) is 0. The minimum Gasteiger partial charge on any atom is -0.489 e. The summed E-state index contributed by atoms with van der Waals surface area (Å²) in [5.74, 6) is 0.00675. The Balaban J connectivity index is 2.11. The Kier molecular flexibility index (Phi) is 3.19. The Morgan fingerprint density at radius 1 is 1.47 bits per heavy atom. The monoisotopic (exact) mass is 293 g/mol. The molecular weight excluding hydrogens is 284 g/mol. The second-order valence-corrected chi connectivity index (χ2v) is 4.93. The van der Waals surface area contributed by atoms with Crippen LogP contribution in [-0.4, -0.2) is 12.1 Å². The van der Waals surface area contributed by atoms with Crippen molar-refractivity contribution in [3.8, 4) is 5.75 Å². The third kappa shape index (κ3) is 2.44. The van der Waals surface area contributed by atoms with E-state index in [9.17, 15) is 4.39 Å². The molecule has 0 radical (unpaired) electrons. The number of hydrogen-bond donors (Lipinski definition) is 1. The van der Waals surface area contributed by atoms with Crippen molar-refractivity contribution in [2.24, 2.45) is 5.73 Å². The zero-order valence-electron chi connectivity index (χ0n) is 7.84. The fourth-order valence-corrected chi connectivity index (χ4v) is 2.21. The molecule has 1 aliphatic rings. The van der Waals surface area contributed by atoms with Crippen LogP contribution >= 0.6 is 27.5 Å². The van der Waals surface area contributed by atoms with E-state index in [4.69, 9.17) is 22.1 Å². The maximum Gasteiger partial charge on any atom is 0.145 e. The van der Waals surface area contributed by atoms with E-state index >= 15 is 0 Å². The molecule has 1 aliphatic carbocycles. The predicted molar refractivity (Wildman–Crippen MR) is 60.7 cm³/mol. The van der Waals surface area contributed by atoms with Crippen LogP contribution in [0, 0.1) is 5.82 Å². The molecule has 0 amide bonds. The normalized spacial score (nSPS) is 24.8. The Bertz CT molecular complexity index is 382. The lowest BCUT2D eigenvalue weighted by Gasteiger charge is -2.32. The second-order valence-electron chi connectivity index (χ2n) is 3.67. The molecular formula is C10H10BrClFNO. The van der Waals surface area contributed by atoms with Gasteiger partial charge >= 0.3 is 0 Å². The molecule has 5 heteroatoms. The number of rotatable bonds is 2. The highest BCUT2D eigenvalue weighted by Gasteiger charge is 2.28. The van der Waals surface area contributed by atoms with Crippen molar-refractivity contribution in [3.05, 3.63) is 27.4 Å². The van der Waals surface area contributed by atoms with Crippen LogP contribution in [0.25, 0.3) is 0 Å². The van der Waals surface area contributed by atoms with E-state index in [0.29, 0.717) is 10.2 Å². The first-order valence-corrected chi connectivity index (χ1v) is 5.80. The summed E-state index contributed by atoms with van der Waals surface area (Å²) in [6.45, 7) is 0. The van der Waals surface area contributed by atoms with E-state index in [1.807, 2.05) is 0 Å². The van der Waals surface area contributed by atoms with Gasteiger partial charge < -0.3 is 10.5 Å². The van der Waals surface area contributed by atoms with Crippen LogP contribution in [0.1, 0.15) is 12.8 Å². The van der Waals surface area contributed by atoms with Crippen molar-refractivity contribution in [1.29, 1.82) is 0 Å². The first-order chi connectivity index (χ1) is 7.06. The Morgan fingerprint density at radius 2 is 2.13 bits per heavy atom. The Morgan fingerprint density at radius 3 is 2.73 bits per heavy atom. The van der Waals surface area contributed by atoms with Gasteiger partial charge in [-0.15, -0.1) is 0 Å². The van der Waals surface area contributed by atoms with E-state index in [0.717, 1.165) is 12.8 Å². The fourth-order valence-electron chi connectivity index (χ4n) is 1.48. The average Bonchev–Trinajstić information content (AvgIpc) is 2.11. The Hall–Kier alpha value is -0.320. The standard InChI is InChI=1S/C10H10BrClFNO/c11-7-3-8(12)9(13)4-10(7)15-6-1-5(14)2-6/h3-6H,1-2,14H2. The summed E-state index contributed by atoms with van der Waals surface area (Å²) in [5, 5.41) is 0.0829. The van der Waals surface area contributed by atoms with Gasteiger partial charge in [0.15, 0.2) is 0 Å². The van der Waals surface area contributed by atoms with Crippen molar-refractivity contribution in [3.63, 3.8) is 0 Å². The lowest BCUT2D eigenvalue weighted by molar-refractivity contribution is 0.0997. The van der Waals surface area contributed by atoms with Gasteiger partial charge in [0.25, 0.3) is 0 Å². The summed E-state index contributed by atoms with van der Waals surface area (Å²) in [6.07, 6.45) is 1.73. The smallest absolute Gasteiger partial charge is 0.145 e. The van der Waals surface area contributed by atoms with Gasteiger partial charge in [0.05, 0.1) is 9.50 Å². The van der Waals surface area contributed by atoms with Crippen molar-refractivity contribution in [1.82, 2.24) is 0 Å². The highest BCUT2D eigenvalue weighted by atomic mass is 79.9. The molecule has 2 N–H and O–H groups in total. The summed E-state index contributed by atoms with van der Waals surface area (Å²) in [5.41, 5.74) is 5.63. The molecule has 0 unspecified atom stereocenters. The van der Waals surface area contributed by atoms with Crippen LogP contribution in [-0.2, 0) is 0 Å². The first kappa shape index (κ1) is 11.2. The lowest BCUT2D eigenvalue weighted by Crippen LogP contribution is -2.43. The maximum atomic E-state index is 13.2. The third-order valence-corrected chi connectivity index (χ3v) is 3.31. The van der Waals surface area contributed by atoms with Gasteiger partial charge in [-0.1, -0.05) is 11.6 Å². The highest BCUT2D eigenvalue weighted by molar-refractivity contribution is 9.10. The number of benzene rings is 1. The van der Waals surface area contributed by atoms with Crippen LogP contribution in [0.2, 0.25) is 5.02 Å². The van der Waals surface area contributed by atoms with E-state index in [1.165, 1.54) is 12.1 Å². The molecule has 2 nitrogen and oxygen atoms in total. The Labute approximate surface area is 101 Å². The molecule has 1 aromatic rings. The molecule has 1 fully saturated rings.